The number of carbonyl (C=O) groups is 1. The van der Waals surface area contributed by atoms with Gasteiger partial charge in [-0.2, -0.15) is 0 Å². The molecule has 0 heterocycles. The van der Waals surface area contributed by atoms with Gasteiger partial charge in [0.25, 0.3) is 0 Å². The molecule has 12 rings (SSSR count). The van der Waals surface area contributed by atoms with Crippen molar-refractivity contribution in [1.29, 1.82) is 0 Å². The van der Waals surface area contributed by atoms with E-state index in [1.54, 1.807) is 64.8 Å². The lowest BCUT2D eigenvalue weighted by Gasteiger charge is -2.51. The summed E-state index contributed by atoms with van der Waals surface area (Å²) in [5.74, 6) is 5.16. The van der Waals surface area contributed by atoms with Gasteiger partial charge in [-0.1, -0.05) is 217 Å². The van der Waals surface area contributed by atoms with Gasteiger partial charge in [0.05, 0.1) is 0 Å². The molecule has 3 aromatic carbocycles. The highest BCUT2D eigenvalue weighted by atomic mass is 32.3. The van der Waals surface area contributed by atoms with Crippen molar-refractivity contribution < 1.29 is 8.98 Å². The Hall–Kier alpha value is -2.52. The normalized spacial score (nSPS) is 24.7. The lowest BCUT2D eigenvalue weighted by Crippen LogP contribution is -2.27. The first-order chi connectivity index (χ1) is 39.1. The van der Waals surface area contributed by atoms with Gasteiger partial charge in [-0.3, -0.25) is 4.79 Å². The van der Waals surface area contributed by atoms with E-state index in [-0.39, 0.29) is 5.97 Å². The molecule has 9 aliphatic rings. The topological polar surface area (TPSA) is 26.3 Å². The Labute approximate surface area is 485 Å². The quantitative estimate of drug-likeness (QED) is 0.152. The van der Waals surface area contributed by atoms with Crippen LogP contribution in [0.4, 0.5) is 0 Å². The van der Waals surface area contributed by atoms with Crippen LogP contribution in [0, 0.1) is 0 Å². The molecule has 3 heteroatoms. The van der Waals surface area contributed by atoms with Crippen molar-refractivity contribution in [3.8, 4) is 0 Å². The summed E-state index contributed by atoms with van der Waals surface area (Å²) in [6, 6.07) is 17.6. The molecule has 0 N–H and O–H groups in total. The van der Waals surface area contributed by atoms with Gasteiger partial charge in [0, 0.05) is 21.1 Å². The van der Waals surface area contributed by atoms with Crippen molar-refractivity contribution in [3.05, 3.63) is 86.5 Å². The summed E-state index contributed by atoms with van der Waals surface area (Å²) < 4.78 is 8.83. The Morgan fingerprint density at radius 3 is 0.658 bits per heavy atom. The van der Waals surface area contributed by atoms with Crippen LogP contribution in [0.25, 0.3) is 0 Å². The number of benzene rings is 3. The van der Waals surface area contributed by atoms with Crippen molar-refractivity contribution in [3.63, 3.8) is 0 Å². The summed E-state index contributed by atoms with van der Waals surface area (Å²) in [5, 5.41) is 0. The summed E-state index contributed by atoms with van der Waals surface area (Å²) in [6.07, 6.45) is 61.6. The highest BCUT2D eigenvalue weighted by molar-refractivity contribution is 8.30. The third-order valence-electron chi connectivity index (χ3n) is 23.5. The molecular formula is C76H112O2S. The number of hydrogen-bond donors (Lipinski definition) is 0. The molecule has 0 amide bonds. The number of rotatable bonds is 15. The maximum Gasteiger partial charge on any atom is 0.317 e. The molecule has 0 spiro atoms. The molecule has 0 unspecified atom stereocenters. The Balaban J connectivity index is 1.30. The molecule has 0 aromatic heterocycles. The van der Waals surface area contributed by atoms with Gasteiger partial charge < -0.3 is 4.18 Å². The summed E-state index contributed by atoms with van der Waals surface area (Å²) >= 11 is 0. The minimum atomic E-state index is -2.73. The third-order valence-corrected chi connectivity index (χ3v) is 27.1. The summed E-state index contributed by atoms with van der Waals surface area (Å²) in [4.78, 5) is 21.4. The molecule has 434 valence electrons. The van der Waals surface area contributed by atoms with E-state index in [1.807, 2.05) is 0 Å². The Kier molecular flexibility index (Phi) is 19.8. The van der Waals surface area contributed by atoms with Crippen molar-refractivity contribution >= 4 is 16.3 Å². The smallest absolute Gasteiger partial charge is 0.317 e. The van der Waals surface area contributed by atoms with Crippen LogP contribution in [0.1, 0.15) is 412 Å². The molecule has 3 aromatic rings. The van der Waals surface area contributed by atoms with Crippen LogP contribution in [0.2, 0.25) is 0 Å². The van der Waals surface area contributed by atoms with Crippen LogP contribution >= 0.6 is 10.3 Å². The molecular weight excluding hydrogens is 977 g/mol. The highest BCUT2D eigenvalue weighted by Crippen LogP contribution is 2.78. The van der Waals surface area contributed by atoms with Gasteiger partial charge in [0.15, 0.2) is 0 Å². The SMILES string of the molecule is CCCC(=O)OS(c1c(C2CCCCC2)cc(C2CCCCC2)cc1C1CCCCC1)(c1c(C2CCCCC2)cc(C2CCCCC2)cc1C1CCCCC1)c1c(C2CCCCC2)cc(C2CCCCC2)cc1C1CCCCC1. The van der Waals surface area contributed by atoms with Crippen molar-refractivity contribution in [1.82, 2.24) is 0 Å². The zero-order valence-electron chi connectivity index (χ0n) is 50.6. The minimum absolute atomic E-state index is 0.124. The fraction of sp³-hybridized carbons (Fsp3) is 0.750. The van der Waals surface area contributed by atoms with Crippen molar-refractivity contribution in [2.75, 3.05) is 0 Å². The third kappa shape index (κ3) is 12.7. The zero-order valence-corrected chi connectivity index (χ0v) is 51.4. The molecule has 9 saturated carbocycles. The standard InChI is InChI=1S/C76H112O2S/c1-2-30-73(77)78-79(74-67(58-37-18-6-19-38-58)49-64(55-31-12-3-13-32-55)50-68(74)59-39-20-7-21-40-59,75-69(60-41-22-8-23-42-60)51-65(56-33-14-4-15-34-56)52-70(75)61-43-24-9-25-44-61)76-71(62-45-26-10-27-46-62)53-66(57-35-16-5-17-36-57)54-72(76)63-47-28-11-29-48-63/h49-63H,2-48H2,1H3. The lowest BCUT2D eigenvalue weighted by molar-refractivity contribution is -0.133. The molecule has 9 fully saturated rings. The van der Waals surface area contributed by atoms with Crippen LogP contribution in [-0.4, -0.2) is 5.97 Å². The van der Waals surface area contributed by atoms with E-state index in [9.17, 15) is 0 Å². The van der Waals surface area contributed by atoms with E-state index in [1.165, 1.54) is 289 Å². The summed E-state index contributed by atoms with van der Waals surface area (Å²) in [7, 11) is -2.73. The van der Waals surface area contributed by atoms with E-state index >= 15 is 4.79 Å². The van der Waals surface area contributed by atoms with Crippen LogP contribution in [-0.2, 0) is 8.98 Å². The van der Waals surface area contributed by atoms with Gasteiger partial charge in [-0.05, 0) is 236 Å². The van der Waals surface area contributed by atoms with Gasteiger partial charge in [0.2, 0.25) is 0 Å². The first-order valence-electron chi connectivity index (χ1n) is 35.7. The van der Waals surface area contributed by atoms with Crippen LogP contribution in [0.5, 0.6) is 0 Å². The molecule has 9 aliphatic carbocycles. The predicted octanol–water partition coefficient (Wildman–Crippen LogP) is 24.7. The molecule has 0 bridgehead atoms. The maximum atomic E-state index is 16.4. The molecule has 2 nitrogen and oxygen atoms in total. The number of carbonyl (C=O) groups excluding carboxylic acids is 1. The maximum absolute atomic E-state index is 16.4. The van der Waals surface area contributed by atoms with Crippen LogP contribution < -0.4 is 0 Å². The minimum Gasteiger partial charge on any atom is -0.402 e. The average molecular weight is 1090 g/mol. The summed E-state index contributed by atoms with van der Waals surface area (Å²) in [5.41, 5.74) is 15.3. The molecule has 0 atom stereocenters. The van der Waals surface area contributed by atoms with E-state index in [4.69, 9.17) is 4.18 Å². The average Bonchev–Trinajstić information content (AvgIpc) is 3.69. The lowest BCUT2D eigenvalue weighted by atomic mass is 9.75. The van der Waals surface area contributed by atoms with Crippen LogP contribution in [0.15, 0.2) is 51.1 Å². The highest BCUT2D eigenvalue weighted by Gasteiger charge is 2.50. The fourth-order valence-electron chi connectivity index (χ4n) is 19.2. The molecule has 79 heavy (non-hydrogen) atoms. The first kappa shape index (κ1) is 56.9. The van der Waals surface area contributed by atoms with E-state index in [0.717, 1.165) is 6.42 Å². The molecule has 0 radical (unpaired) electrons. The van der Waals surface area contributed by atoms with Crippen molar-refractivity contribution in [2.24, 2.45) is 0 Å². The van der Waals surface area contributed by atoms with Gasteiger partial charge in [0.1, 0.15) is 0 Å². The van der Waals surface area contributed by atoms with E-state index < -0.39 is 10.3 Å². The first-order valence-corrected chi connectivity index (χ1v) is 37.2. The second-order valence-corrected chi connectivity index (χ2v) is 31.4. The second kappa shape index (κ2) is 27.5. The predicted molar refractivity (Wildman–Crippen MR) is 335 cm³/mol. The van der Waals surface area contributed by atoms with Crippen molar-refractivity contribution in [2.45, 2.75) is 377 Å². The second-order valence-electron chi connectivity index (χ2n) is 28.9. The van der Waals surface area contributed by atoms with E-state index in [0.29, 0.717) is 59.7 Å². The Morgan fingerprint density at radius 1 is 0.304 bits per heavy atom. The monoisotopic (exact) mass is 1090 g/mol. The van der Waals surface area contributed by atoms with Gasteiger partial charge in [-0.15, -0.1) is 0 Å². The van der Waals surface area contributed by atoms with Gasteiger partial charge in [-0.25, -0.2) is 0 Å². The summed E-state index contributed by atoms with van der Waals surface area (Å²) in [6.45, 7) is 2.28. The van der Waals surface area contributed by atoms with Gasteiger partial charge >= 0.3 is 5.97 Å². The Morgan fingerprint density at radius 2 is 0.481 bits per heavy atom. The zero-order chi connectivity index (χ0) is 53.4. The van der Waals surface area contributed by atoms with E-state index in [2.05, 4.69) is 43.3 Å². The molecule has 0 saturated heterocycles. The Bertz CT molecular complexity index is 2050. The largest absolute Gasteiger partial charge is 0.402 e. The molecule has 0 aliphatic heterocycles. The van der Waals surface area contributed by atoms with Crippen LogP contribution in [0.3, 0.4) is 0 Å². The fourth-order valence-corrected chi connectivity index (χ4v) is 23.8. The number of hydrogen-bond acceptors (Lipinski definition) is 2.